The van der Waals surface area contributed by atoms with E-state index < -0.39 is 9.76 Å². The first-order chi connectivity index (χ1) is 4.31. The first kappa shape index (κ1) is 8.88. The van der Waals surface area contributed by atoms with E-state index in [0.717, 1.165) is 6.04 Å². The van der Waals surface area contributed by atoms with Gasteiger partial charge in [-0.2, -0.15) is 0 Å². The zero-order chi connectivity index (χ0) is 7.11. The Labute approximate surface area is 58.8 Å². The molecule has 0 saturated heterocycles. The molecule has 0 rings (SSSR count). The molecule has 0 aromatic rings. The summed E-state index contributed by atoms with van der Waals surface area (Å²) < 4.78 is 10.2. The van der Waals surface area contributed by atoms with Gasteiger partial charge in [0, 0.05) is 7.11 Å². The van der Waals surface area contributed by atoms with Gasteiger partial charge in [-0.1, -0.05) is 6.08 Å². The molecular formula is C6H14O2Si. The van der Waals surface area contributed by atoms with Crippen molar-refractivity contribution < 1.29 is 9.16 Å². The van der Waals surface area contributed by atoms with Crippen molar-refractivity contribution in [2.45, 2.75) is 19.3 Å². The molecule has 0 bridgehead atoms. The molecule has 0 aromatic carbocycles. The van der Waals surface area contributed by atoms with Crippen molar-refractivity contribution in [2.24, 2.45) is 0 Å². The van der Waals surface area contributed by atoms with Gasteiger partial charge in [-0.05, 0) is 13.0 Å². The van der Waals surface area contributed by atoms with E-state index in [4.69, 9.17) is 9.16 Å². The number of hydrogen-bond donors (Lipinski definition) is 0. The molecule has 0 aliphatic rings. The highest BCUT2D eigenvalue weighted by molar-refractivity contribution is 6.27. The molecule has 0 saturated carbocycles. The van der Waals surface area contributed by atoms with E-state index in [1.807, 2.05) is 13.0 Å². The fourth-order valence-electron chi connectivity index (χ4n) is 0.385. The van der Waals surface area contributed by atoms with Crippen molar-refractivity contribution in [3.05, 3.63) is 12.7 Å². The zero-order valence-corrected chi connectivity index (χ0v) is 7.51. The summed E-state index contributed by atoms with van der Waals surface area (Å²) in [4.78, 5) is 0. The van der Waals surface area contributed by atoms with Crippen LogP contribution in [0.15, 0.2) is 12.7 Å². The monoisotopic (exact) mass is 146 g/mol. The third-order valence-electron chi connectivity index (χ3n) is 1.01. The van der Waals surface area contributed by atoms with E-state index in [0.29, 0.717) is 0 Å². The fraction of sp³-hybridized carbons (Fsp3) is 0.667. The van der Waals surface area contributed by atoms with Crippen molar-refractivity contribution in [2.75, 3.05) is 7.11 Å². The molecule has 1 unspecified atom stereocenters. The molecule has 0 aromatic heterocycles. The Kier molecular flexibility index (Phi) is 5.92. The van der Waals surface area contributed by atoms with Gasteiger partial charge in [0.2, 0.25) is 0 Å². The molecule has 0 fully saturated rings. The van der Waals surface area contributed by atoms with Crippen LogP contribution in [-0.4, -0.2) is 23.2 Å². The maximum absolute atomic E-state index is 5.28. The van der Waals surface area contributed by atoms with E-state index in [1.54, 1.807) is 7.11 Å². The van der Waals surface area contributed by atoms with E-state index in [1.165, 1.54) is 0 Å². The summed E-state index contributed by atoms with van der Waals surface area (Å²) in [6.07, 6.45) is 1.85. The molecule has 0 aliphatic heterocycles. The standard InChI is InChI=1S/C6H14O2Si/c1-4-5-9-8-6(2)7-3/h4,6H,1,5,9H2,2-3H3. The molecule has 3 heteroatoms. The van der Waals surface area contributed by atoms with Crippen LogP contribution in [0.25, 0.3) is 0 Å². The first-order valence-corrected chi connectivity index (χ1v) is 4.64. The summed E-state index contributed by atoms with van der Waals surface area (Å²) in [6, 6.07) is 1.02. The molecule has 0 amide bonds. The zero-order valence-electron chi connectivity index (χ0n) is 6.09. The highest BCUT2D eigenvalue weighted by Crippen LogP contribution is 1.90. The van der Waals surface area contributed by atoms with E-state index in [-0.39, 0.29) is 6.29 Å². The molecule has 0 aliphatic carbocycles. The molecule has 1 atom stereocenters. The number of allylic oxidation sites excluding steroid dienone is 1. The quantitative estimate of drug-likeness (QED) is 0.246. The van der Waals surface area contributed by atoms with Crippen LogP contribution in [0.1, 0.15) is 6.92 Å². The van der Waals surface area contributed by atoms with Crippen LogP contribution in [0.3, 0.4) is 0 Å². The van der Waals surface area contributed by atoms with Crippen LogP contribution in [0.5, 0.6) is 0 Å². The summed E-state index contributed by atoms with van der Waals surface area (Å²) in [6.45, 7) is 5.50. The van der Waals surface area contributed by atoms with E-state index >= 15 is 0 Å². The van der Waals surface area contributed by atoms with Crippen molar-refractivity contribution in [3.63, 3.8) is 0 Å². The van der Waals surface area contributed by atoms with Crippen LogP contribution in [0.4, 0.5) is 0 Å². The summed E-state index contributed by atoms with van der Waals surface area (Å²) in [7, 11) is 1.26. The minimum atomic E-state index is -0.390. The smallest absolute Gasteiger partial charge is 0.168 e. The molecule has 0 spiro atoms. The lowest BCUT2D eigenvalue weighted by Gasteiger charge is -2.08. The highest BCUT2D eigenvalue weighted by atomic mass is 28.2. The van der Waals surface area contributed by atoms with Crippen molar-refractivity contribution in [1.29, 1.82) is 0 Å². The third-order valence-corrected chi connectivity index (χ3v) is 2.36. The minimum Gasteiger partial charge on any atom is -0.400 e. The number of hydrogen-bond acceptors (Lipinski definition) is 2. The van der Waals surface area contributed by atoms with Crippen molar-refractivity contribution >= 4 is 9.76 Å². The number of rotatable bonds is 5. The maximum Gasteiger partial charge on any atom is 0.168 e. The predicted molar refractivity (Wildman–Crippen MR) is 41.1 cm³/mol. The molecule has 0 heterocycles. The summed E-state index contributed by atoms with van der Waals surface area (Å²) in [5.74, 6) is 0. The van der Waals surface area contributed by atoms with Crippen LogP contribution in [-0.2, 0) is 9.16 Å². The largest absolute Gasteiger partial charge is 0.400 e. The van der Waals surface area contributed by atoms with Gasteiger partial charge in [0.1, 0.15) is 6.29 Å². The van der Waals surface area contributed by atoms with Gasteiger partial charge >= 0.3 is 0 Å². The van der Waals surface area contributed by atoms with Gasteiger partial charge in [0.15, 0.2) is 9.76 Å². The Balaban J connectivity index is 2.96. The molecule has 2 nitrogen and oxygen atoms in total. The van der Waals surface area contributed by atoms with Gasteiger partial charge in [-0.3, -0.25) is 0 Å². The maximum atomic E-state index is 5.28. The Bertz CT molecular complexity index is 75.5. The van der Waals surface area contributed by atoms with Crippen LogP contribution >= 0.6 is 0 Å². The van der Waals surface area contributed by atoms with Gasteiger partial charge in [0.05, 0.1) is 0 Å². The lowest BCUT2D eigenvalue weighted by atomic mass is 10.8. The van der Waals surface area contributed by atoms with E-state index in [2.05, 4.69) is 6.58 Å². The average molecular weight is 146 g/mol. The minimum absolute atomic E-state index is 0.0309. The normalized spacial score (nSPS) is 14.4. The Morgan fingerprint density at radius 2 is 2.44 bits per heavy atom. The first-order valence-electron chi connectivity index (χ1n) is 3.06. The lowest BCUT2D eigenvalue weighted by Crippen LogP contribution is -2.12. The predicted octanol–water partition coefficient (Wildman–Crippen LogP) is 0.683. The van der Waals surface area contributed by atoms with Crippen LogP contribution in [0, 0.1) is 0 Å². The number of methoxy groups -OCH3 is 1. The molecule has 0 radical (unpaired) electrons. The average Bonchev–Trinajstić information content (AvgIpc) is 1.89. The second-order valence-corrected chi connectivity index (χ2v) is 3.07. The van der Waals surface area contributed by atoms with Gasteiger partial charge in [0.25, 0.3) is 0 Å². The Hall–Kier alpha value is -0.123. The lowest BCUT2D eigenvalue weighted by molar-refractivity contribution is -0.0368. The topological polar surface area (TPSA) is 18.5 Å². The summed E-state index contributed by atoms with van der Waals surface area (Å²) in [5.41, 5.74) is 0. The summed E-state index contributed by atoms with van der Waals surface area (Å²) >= 11 is 0. The molecular weight excluding hydrogens is 132 g/mol. The third kappa shape index (κ3) is 5.75. The Morgan fingerprint density at radius 1 is 1.78 bits per heavy atom. The molecule has 0 N–H and O–H groups in total. The highest BCUT2D eigenvalue weighted by Gasteiger charge is 1.94. The SMILES string of the molecule is C=CC[SiH2]OC(C)OC. The molecule has 9 heavy (non-hydrogen) atoms. The van der Waals surface area contributed by atoms with Gasteiger partial charge < -0.3 is 9.16 Å². The van der Waals surface area contributed by atoms with E-state index in [9.17, 15) is 0 Å². The van der Waals surface area contributed by atoms with Gasteiger partial charge in [-0.15, -0.1) is 6.58 Å². The molecule has 54 valence electrons. The number of ether oxygens (including phenoxy) is 1. The van der Waals surface area contributed by atoms with Crippen molar-refractivity contribution in [1.82, 2.24) is 0 Å². The van der Waals surface area contributed by atoms with Gasteiger partial charge in [-0.25, -0.2) is 0 Å². The summed E-state index contributed by atoms with van der Waals surface area (Å²) in [5, 5.41) is 0. The van der Waals surface area contributed by atoms with Crippen LogP contribution < -0.4 is 0 Å². The second-order valence-electron chi connectivity index (χ2n) is 1.75. The van der Waals surface area contributed by atoms with Crippen LogP contribution in [0.2, 0.25) is 6.04 Å². The second kappa shape index (κ2) is 6.00. The Morgan fingerprint density at radius 3 is 2.89 bits per heavy atom. The fourth-order valence-corrected chi connectivity index (χ4v) is 1.16. The van der Waals surface area contributed by atoms with Crippen molar-refractivity contribution in [3.8, 4) is 0 Å².